The van der Waals surface area contributed by atoms with Crippen LogP contribution in [0.3, 0.4) is 0 Å². The molecule has 0 radical (unpaired) electrons. The third kappa shape index (κ3) is 3.30. The summed E-state index contributed by atoms with van der Waals surface area (Å²) in [6, 6.07) is 0. The molecule has 0 heterocycles. The molecular weight excluding hydrogens is 190 g/mol. The van der Waals surface area contributed by atoms with Gasteiger partial charge in [-0.1, -0.05) is 0 Å². The maximum absolute atomic E-state index is 11.9. The highest BCUT2D eigenvalue weighted by atomic mass is 32.2. The first-order chi connectivity index (χ1) is 4.36. The zero-order valence-corrected chi connectivity index (χ0v) is 6.12. The molecule has 4 nitrogen and oxygen atoms in total. The molecule has 0 aliphatic heterocycles. The van der Waals surface area contributed by atoms with Crippen molar-refractivity contribution in [1.82, 2.24) is 0 Å². The fourth-order valence-electron chi connectivity index (χ4n) is 0.194. The third-order valence-corrected chi connectivity index (χ3v) is 1.99. The van der Waals surface area contributed by atoms with Crippen LogP contribution in [0.1, 0.15) is 0 Å². The van der Waals surface area contributed by atoms with Crippen LogP contribution in [0, 0.1) is 0 Å². The zero-order chi connectivity index (χ0) is 8.36. The summed E-state index contributed by atoms with van der Waals surface area (Å²) in [7, 11) is 0. The summed E-state index contributed by atoms with van der Waals surface area (Å²) in [5.74, 6) is -1.52. The Balaban J connectivity index is 4.13. The van der Waals surface area contributed by atoms with Crippen molar-refractivity contribution in [1.29, 1.82) is 0 Å². The predicted molar refractivity (Wildman–Crippen MR) is 31.4 cm³/mol. The summed E-state index contributed by atoms with van der Waals surface area (Å²) in [6.45, 7) is 0. The minimum Gasteiger partial charge on any atom is -0.306 e. The molecule has 0 fully saturated rings. The Kier molecular flexibility index (Phi) is 3.49. The van der Waals surface area contributed by atoms with Gasteiger partial charge in [0.05, 0.1) is 0 Å². The van der Waals surface area contributed by atoms with Crippen molar-refractivity contribution in [3.8, 4) is 0 Å². The lowest BCUT2D eigenvalue weighted by molar-refractivity contribution is 0.115. The van der Waals surface area contributed by atoms with E-state index in [2.05, 4.69) is 0 Å². The number of hydrogen-bond donors (Lipinski definition) is 2. The number of rotatable bonds is 3. The zero-order valence-electron chi connectivity index (χ0n) is 4.49. The maximum atomic E-state index is 11.9. The van der Waals surface area contributed by atoms with Crippen molar-refractivity contribution in [2.75, 3.05) is 5.75 Å². The van der Waals surface area contributed by atoms with E-state index in [-0.39, 0.29) is 0 Å². The second kappa shape index (κ2) is 3.46. The molecule has 0 saturated heterocycles. The second-order valence-electron chi connectivity index (χ2n) is 1.35. The van der Waals surface area contributed by atoms with E-state index >= 15 is 0 Å². The van der Waals surface area contributed by atoms with E-state index in [9.17, 15) is 17.2 Å². The molecule has 0 aliphatic carbocycles. The topological polar surface area (TPSA) is 74.6 Å². The molecule has 2 unspecified atom stereocenters. The van der Waals surface area contributed by atoms with Crippen LogP contribution in [0.15, 0.2) is 0 Å². The lowest BCUT2D eigenvalue weighted by atomic mass is 10.8. The standard InChI is InChI=1S/C2H4F2O4S2/c3-2(4,10(7)8)1-9(5)6/h1H2,(H,5,6)(H,7,8). The van der Waals surface area contributed by atoms with Gasteiger partial charge in [0.2, 0.25) is 11.1 Å². The molecule has 2 atom stereocenters. The summed E-state index contributed by atoms with van der Waals surface area (Å²) >= 11 is -6.14. The average Bonchev–Trinajstić information content (AvgIpc) is 1.60. The monoisotopic (exact) mass is 194 g/mol. The number of alkyl halides is 2. The Morgan fingerprint density at radius 3 is 1.80 bits per heavy atom. The Labute approximate surface area is 60.2 Å². The fourth-order valence-corrected chi connectivity index (χ4v) is 1.19. The highest BCUT2D eigenvalue weighted by Gasteiger charge is 2.38. The SMILES string of the molecule is O=S(O)CC(F)(F)S(=O)O. The second-order valence-corrected chi connectivity index (χ2v) is 3.38. The first-order valence-electron chi connectivity index (χ1n) is 1.92. The van der Waals surface area contributed by atoms with Crippen molar-refractivity contribution in [3.63, 3.8) is 0 Å². The van der Waals surface area contributed by atoms with Crippen molar-refractivity contribution < 1.29 is 26.3 Å². The summed E-state index contributed by atoms with van der Waals surface area (Å²) in [6.07, 6.45) is 0. The smallest absolute Gasteiger partial charge is 0.306 e. The van der Waals surface area contributed by atoms with E-state index in [1.807, 2.05) is 0 Å². The molecule has 0 aromatic heterocycles. The summed E-state index contributed by atoms with van der Waals surface area (Å²) in [5.41, 5.74) is 0. The van der Waals surface area contributed by atoms with Gasteiger partial charge in [0.15, 0.2) is 11.1 Å². The predicted octanol–water partition coefficient (Wildman–Crippen LogP) is 0.0226. The summed E-state index contributed by atoms with van der Waals surface area (Å²) in [5, 5.41) is -4.00. The average molecular weight is 194 g/mol. The largest absolute Gasteiger partial charge is 0.358 e. The van der Waals surface area contributed by atoms with E-state index < -0.39 is 33.2 Å². The van der Waals surface area contributed by atoms with Crippen LogP contribution in [0.2, 0.25) is 0 Å². The molecule has 0 bridgehead atoms. The van der Waals surface area contributed by atoms with Crippen LogP contribution < -0.4 is 0 Å². The van der Waals surface area contributed by atoms with Crippen LogP contribution >= 0.6 is 0 Å². The molecule has 0 aliphatic rings. The minimum atomic E-state index is -4.00. The molecular formula is C2H4F2O4S2. The van der Waals surface area contributed by atoms with Gasteiger partial charge in [-0.2, -0.15) is 8.78 Å². The molecule has 0 spiro atoms. The molecule has 0 saturated carbocycles. The summed E-state index contributed by atoms with van der Waals surface area (Å²) < 4.78 is 58.9. The van der Waals surface area contributed by atoms with E-state index in [1.54, 1.807) is 0 Å². The van der Waals surface area contributed by atoms with Gasteiger partial charge in [-0.15, -0.1) is 0 Å². The molecule has 0 aromatic carbocycles. The number of hydrogen-bond acceptors (Lipinski definition) is 2. The minimum absolute atomic E-state index is 1.52. The van der Waals surface area contributed by atoms with Crippen molar-refractivity contribution in [3.05, 3.63) is 0 Å². The molecule has 0 amide bonds. The van der Waals surface area contributed by atoms with E-state index in [1.165, 1.54) is 0 Å². The third-order valence-electron chi connectivity index (χ3n) is 0.547. The van der Waals surface area contributed by atoms with Crippen molar-refractivity contribution in [2.24, 2.45) is 0 Å². The van der Waals surface area contributed by atoms with Gasteiger partial charge in [-0.3, -0.25) is 0 Å². The van der Waals surface area contributed by atoms with Crippen LogP contribution in [-0.4, -0.2) is 28.5 Å². The van der Waals surface area contributed by atoms with Crippen LogP contribution in [-0.2, 0) is 22.2 Å². The van der Waals surface area contributed by atoms with E-state index in [0.29, 0.717) is 0 Å². The number of halogens is 2. The first-order valence-corrected chi connectivity index (χ1v) is 4.31. The quantitative estimate of drug-likeness (QED) is 0.621. The Morgan fingerprint density at radius 2 is 1.70 bits per heavy atom. The Bertz CT molecular complexity index is 169. The van der Waals surface area contributed by atoms with Gasteiger partial charge in [0.1, 0.15) is 5.75 Å². The van der Waals surface area contributed by atoms with Gasteiger partial charge in [-0.05, 0) is 0 Å². The van der Waals surface area contributed by atoms with E-state index in [0.717, 1.165) is 0 Å². The molecule has 0 aromatic rings. The lowest BCUT2D eigenvalue weighted by Crippen LogP contribution is -2.29. The molecule has 0 rings (SSSR count). The van der Waals surface area contributed by atoms with Crippen LogP contribution in [0.5, 0.6) is 0 Å². The van der Waals surface area contributed by atoms with Gasteiger partial charge in [0.25, 0.3) is 0 Å². The normalized spacial score (nSPS) is 18.4. The first kappa shape index (κ1) is 10.1. The van der Waals surface area contributed by atoms with Gasteiger partial charge in [-0.25, -0.2) is 8.42 Å². The van der Waals surface area contributed by atoms with Crippen molar-refractivity contribution >= 4 is 22.2 Å². The molecule has 2 N–H and O–H groups in total. The van der Waals surface area contributed by atoms with Gasteiger partial charge < -0.3 is 9.11 Å². The van der Waals surface area contributed by atoms with Crippen molar-refractivity contribution in [2.45, 2.75) is 5.25 Å². The highest BCUT2D eigenvalue weighted by Crippen LogP contribution is 2.17. The van der Waals surface area contributed by atoms with E-state index in [4.69, 9.17) is 9.11 Å². The highest BCUT2D eigenvalue weighted by molar-refractivity contribution is 7.84. The molecule has 8 heteroatoms. The van der Waals surface area contributed by atoms with Crippen LogP contribution in [0.4, 0.5) is 8.78 Å². The molecule has 62 valence electrons. The lowest BCUT2D eigenvalue weighted by Gasteiger charge is -2.07. The van der Waals surface area contributed by atoms with Crippen LogP contribution in [0.25, 0.3) is 0 Å². The molecule has 10 heavy (non-hydrogen) atoms. The van der Waals surface area contributed by atoms with Gasteiger partial charge in [0, 0.05) is 0 Å². The maximum Gasteiger partial charge on any atom is 0.358 e. The Hall–Kier alpha value is 0.0800. The summed E-state index contributed by atoms with van der Waals surface area (Å²) in [4.78, 5) is 0. The fraction of sp³-hybridized carbons (Fsp3) is 1.00. The van der Waals surface area contributed by atoms with Gasteiger partial charge >= 0.3 is 5.25 Å². The Morgan fingerprint density at radius 1 is 1.30 bits per heavy atom.